The molecule has 1 saturated carbocycles. The molecule has 0 aromatic carbocycles. The van der Waals surface area contributed by atoms with E-state index in [1.807, 2.05) is 23.6 Å². The number of amides is 1. The monoisotopic (exact) mass is 278 g/mol. The number of aryl methyl sites for hydroxylation is 1. The molecule has 0 bridgehead atoms. The standard InChI is InChI=1S/C15H26N4O/c1-12-14(11-17-19(12)10-6-9-16)15(20)18(2)13-7-4-3-5-8-13/h11,13H,3-10,16H2,1-2H3. The minimum absolute atomic E-state index is 0.105. The fourth-order valence-corrected chi connectivity index (χ4v) is 2.95. The van der Waals surface area contributed by atoms with Crippen LogP contribution in [0.1, 0.15) is 54.6 Å². The summed E-state index contributed by atoms with van der Waals surface area (Å²) in [6, 6.07) is 0.392. The number of hydrogen-bond donors (Lipinski definition) is 1. The highest BCUT2D eigenvalue weighted by atomic mass is 16.2. The van der Waals surface area contributed by atoms with Gasteiger partial charge in [-0.2, -0.15) is 5.10 Å². The Morgan fingerprint density at radius 3 is 2.80 bits per heavy atom. The molecule has 112 valence electrons. The van der Waals surface area contributed by atoms with Gasteiger partial charge in [-0.3, -0.25) is 9.48 Å². The van der Waals surface area contributed by atoms with E-state index >= 15 is 0 Å². The van der Waals surface area contributed by atoms with Gasteiger partial charge in [-0.05, 0) is 32.7 Å². The molecule has 1 aliphatic rings. The summed E-state index contributed by atoms with van der Waals surface area (Å²) < 4.78 is 1.88. The number of nitrogens with two attached hydrogens (primary N) is 1. The molecule has 1 amide bonds. The maximum absolute atomic E-state index is 12.6. The zero-order valence-corrected chi connectivity index (χ0v) is 12.6. The van der Waals surface area contributed by atoms with Gasteiger partial charge in [-0.15, -0.1) is 0 Å². The van der Waals surface area contributed by atoms with E-state index in [0.717, 1.165) is 37.1 Å². The fourth-order valence-electron chi connectivity index (χ4n) is 2.95. The van der Waals surface area contributed by atoms with E-state index < -0.39 is 0 Å². The molecular weight excluding hydrogens is 252 g/mol. The van der Waals surface area contributed by atoms with Crippen molar-refractivity contribution in [1.29, 1.82) is 0 Å². The minimum atomic E-state index is 0.105. The molecule has 1 heterocycles. The molecular formula is C15H26N4O. The first-order valence-electron chi connectivity index (χ1n) is 7.64. The molecule has 20 heavy (non-hydrogen) atoms. The Morgan fingerprint density at radius 2 is 2.15 bits per heavy atom. The van der Waals surface area contributed by atoms with Gasteiger partial charge in [0, 0.05) is 25.3 Å². The molecule has 5 heteroatoms. The quantitative estimate of drug-likeness (QED) is 0.895. The topological polar surface area (TPSA) is 64.2 Å². The molecule has 0 unspecified atom stereocenters. The largest absolute Gasteiger partial charge is 0.339 e. The molecule has 0 saturated heterocycles. The second-order valence-electron chi connectivity index (χ2n) is 5.72. The number of nitrogens with zero attached hydrogens (tertiary/aromatic N) is 3. The van der Waals surface area contributed by atoms with Crippen LogP contribution in [0.15, 0.2) is 6.20 Å². The first-order valence-corrected chi connectivity index (χ1v) is 7.64. The first-order chi connectivity index (χ1) is 9.65. The lowest BCUT2D eigenvalue weighted by molar-refractivity contribution is 0.0695. The Labute approximate surface area is 121 Å². The van der Waals surface area contributed by atoms with Crippen molar-refractivity contribution in [3.8, 4) is 0 Å². The van der Waals surface area contributed by atoms with Crippen molar-refractivity contribution < 1.29 is 4.79 Å². The highest BCUT2D eigenvalue weighted by Gasteiger charge is 2.25. The van der Waals surface area contributed by atoms with E-state index in [1.165, 1.54) is 19.3 Å². The summed E-state index contributed by atoms with van der Waals surface area (Å²) >= 11 is 0. The van der Waals surface area contributed by atoms with Crippen molar-refractivity contribution in [3.63, 3.8) is 0 Å². The zero-order chi connectivity index (χ0) is 14.5. The Morgan fingerprint density at radius 1 is 1.45 bits per heavy atom. The maximum atomic E-state index is 12.6. The summed E-state index contributed by atoms with van der Waals surface area (Å²) in [4.78, 5) is 14.5. The summed E-state index contributed by atoms with van der Waals surface area (Å²) in [6.45, 7) is 3.39. The fraction of sp³-hybridized carbons (Fsp3) is 0.733. The SMILES string of the molecule is Cc1c(C(=O)N(C)C2CCCCC2)cnn1CCCN. The van der Waals surface area contributed by atoms with Crippen molar-refractivity contribution >= 4 is 5.91 Å². The maximum Gasteiger partial charge on any atom is 0.257 e. The van der Waals surface area contributed by atoms with Crippen LogP contribution in [0.5, 0.6) is 0 Å². The Hall–Kier alpha value is -1.36. The highest BCUT2D eigenvalue weighted by Crippen LogP contribution is 2.23. The Balaban J connectivity index is 2.06. The van der Waals surface area contributed by atoms with Gasteiger partial charge in [0.2, 0.25) is 0 Å². The average Bonchev–Trinajstić information content (AvgIpc) is 2.85. The van der Waals surface area contributed by atoms with E-state index in [2.05, 4.69) is 5.10 Å². The third-order valence-electron chi connectivity index (χ3n) is 4.35. The van der Waals surface area contributed by atoms with E-state index in [-0.39, 0.29) is 5.91 Å². The van der Waals surface area contributed by atoms with E-state index in [0.29, 0.717) is 12.6 Å². The predicted molar refractivity (Wildman–Crippen MR) is 79.6 cm³/mol. The summed E-state index contributed by atoms with van der Waals surface area (Å²) in [5.74, 6) is 0.105. The lowest BCUT2D eigenvalue weighted by Gasteiger charge is -2.31. The molecule has 0 spiro atoms. The van der Waals surface area contributed by atoms with Crippen molar-refractivity contribution in [2.75, 3.05) is 13.6 Å². The molecule has 2 rings (SSSR count). The lowest BCUT2D eigenvalue weighted by atomic mass is 9.94. The first kappa shape index (κ1) is 15.0. The third kappa shape index (κ3) is 3.20. The van der Waals surface area contributed by atoms with Crippen LogP contribution in [0, 0.1) is 6.92 Å². The van der Waals surface area contributed by atoms with Crippen molar-refractivity contribution in [1.82, 2.24) is 14.7 Å². The van der Waals surface area contributed by atoms with Crippen LogP contribution in [0.2, 0.25) is 0 Å². The van der Waals surface area contributed by atoms with E-state index in [4.69, 9.17) is 5.73 Å². The normalized spacial score (nSPS) is 16.4. The summed E-state index contributed by atoms with van der Waals surface area (Å²) in [5, 5.41) is 4.32. The molecule has 1 aromatic rings. The van der Waals surface area contributed by atoms with Gasteiger partial charge < -0.3 is 10.6 Å². The summed E-state index contributed by atoms with van der Waals surface area (Å²) in [6.07, 6.45) is 8.61. The Bertz CT molecular complexity index is 449. The smallest absolute Gasteiger partial charge is 0.257 e. The van der Waals surface area contributed by atoms with Gasteiger partial charge in [-0.25, -0.2) is 0 Å². The molecule has 2 N–H and O–H groups in total. The third-order valence-corrected chi connectivity index (χ3v) is 4.35. The average molecular weight is 278 g/mol. The van der Waals surface area contributed by atoms with Gasteiger partial charge in [0.1, 0.15) is 0 Å². The van der Waals surface area contributed by atoms with Crippen LogP contribution in [-0.2, 0) is 6.54 Å². The molecule has 1 fully saturated rings. The molecule has 0 aliphatic heterocycles. The van der Waals surface area contributed by atoms with Gasteiger partial charge in [0.05, 0.1) is 11.8 Å². The minimum Gasteiger partial charge on any atom is -0.339 e. The van der Waals surface area contributed by atoms with Crippen molar-refractivity contribution in [3.05, 3.63) is 17.5 Å². The second kappa shape index (κ2) is 6.88. The van der Waals surface area contributed by atoms with Crippen LogP contribution in [0.4, 0.5) is 0 Å². The summed E-state index contributed by atoms with van der Waals surface area (Å²) in [5.41, 5.74) is 7.20. The highest BCUT2D eigenvalue weighted by molar-refractivity contribution is 5.95. The zero-order valence-electron chi connectivity index (χ0n) is 12.6. The van der Waals surface area contributed by atoms with Crippen LogP contribution < -0.4 is 5.73 Å². The van der Waals surface area contributed by atoms with Gasteiger partial charge in [0.25, 0.3) is 5.91 Å². The number of carbonyl (C=O) groups is 1. The lowest BCUT2D eigenvalue weighted by Crippen LogP contribution is -2.38. The van der Waals surface area contributed by atoms with Crippen LogP contribution in [0.3, 0.4) is 0 Å². The molecule has 5 nitrogen and oxygen atoms in total. The van der Waals surface area contributed by atoms with Gasteiger partial charge in [-0.1, -0.05) is 19.3 Å². The molecule has 0 radical (unpaired) electrons. The number of rotatable bonds is 5. The Kier molecular flexibility index (Phi) is 5.17. The van der Waals surface area contributed by atoms with Gasteiger partial charge in [0.15, 0.2) is 0 Å². The number of hydrogen-bond acceptors (Lipinski definition) is 3. The van der Waals surface area contributed by atoms with Crippen molar-refractivity contribution in [2.24, 2.45) is 5.73 Å². The van der Waals surface area contributed by atoms with Crippen LogP contribution in [0.25, 0.3) is 0 Å². The second-order valence-corrected chi connectivity index (χ2v) is 5.72. The van der Waals surface area contributed by atoms with Crippen molar-refractivity contribution in [2.45, 2.75) is 58.0 Å². The van der Waals surface area contributed by atoms with E-state index in [1.54, 1.807) is 6.20 Å². The number of aromatic nitrogens is 2. The molecule has 1 aliphatic carbocycles. The summed E-state index contributed by atoms with van der Waals surface area (Å²) in [7, 11) is 1.93. The van der Waals surface area contributed by atoms with Gasteiger partial charge >= 0.3 is 0 Å². The molecule has 1 aromatic heterocycles. The molecule has 0 atom stereocenters. The van der Waals surface area contributed by atoms with Crippen LogP contribution >= 0.6 is 0 Å². The number of carbonyl (C=O) groups excluding carboxylic acids is 1. The van der Waals surface area contributed by atoms with E-state index in [9.17, 15) is 4.79 Å². The van der Waals surface area contributed by atoms with Crippen LogP contribution in [-0.4, -0.2) is 40.2 Å². The predicted octanol–water partition coefficient (Wildman–Crippen LogP) is 1.95.